The van der Waals surface area contributed by atoms with Gasteiger partial charge < -0.3 is 14.4 Å². The second-order valence-electron chi connectivity index (χ2n) is 5.05. The maximum absolute atomic E-state index is 11.5. The molecule has 1 aromatic rings. The maximum atomic E-state index is 11.5. The maximum Gasteiger partial charge on any atom is 0.337 e. The molecule has 0 radical (unpaired) electrons. The highest BCUT2D eigenvalue weighted by atomic mass is 16.6. The monoisotopic (exact) mass is 294 g/mol. The van der Waals surface area contributed by atoms with Crippen LogP contribution in [0.25, 0.3) is 0 Å². The number of nitrogens with zero attached hydrogens (tertiary/aromatic N) is 2. The first kappa shape index (κ1) is 15.2. The van der Waals surface area contributed by atoms with Gasteiger partial charge in [0.1, 0.15) is 6.10 Å². The average molecular weight is 294 g/mol. The van der Waals surface area contributed by atoms with E-state index in [1.807, 2.05) is 7.05 Å². The first-order valence-corrected chi connectivity index (χ1v) is 6.73. The molecule has 0 saturated carbocycles. The van der Waals surface area contributed by atoms with Crippen molar-refractivity contribution in [2.45, 2.75) is 18.9 Å². The first-order chi connectivity index (χ1) is 10.0. The van der Waals surface area contributed by atoms with Crippen molar-refractivity contribution in [1.82, 2.24) is 4.90 Å². The van der Waals surface area contributed by atoms with E-state index in [2.05, 4.69) is 9.64 Å². The number of benzene rings is 1. The number of hydrogen-bond acceptors (Lipinski definition) is 6. The van der Waals surface area contributed by atoms with E-state index >= 15 is 0 Å². The number of carbonyl (C=O) groups is 1. The number of ether oxygens (including phenoxy) is 2. The summed E-state index contributed by atoms with van der Waals surface area (Å²) in [7, 11) is 3.29. The molecule has 0 aromatic heterocycles. The summed E-state index contributed by atoms with van der Waals surface area (Å²) in [5.74, 6) is -0.421. The lowest BCUT2D eigenvalue weighted by Crippen LogP contribution is -2.35. The summed E-state index contributed by atoms with van der Waals surface area (Å²) < 4.78 is 10.4. The lowest BCUT2D eigenvalue weighted by molar-refractivity contribution is -0.386. The molecule has 1 heterocycles. The van der Waals surface area contributed by atoms with Crippen LogP contribution in [0.2, 0.25) is 0 Å². The van der Waals surface area contributed by atoms with Crippen LogP contribution in [0.15, 0.2) is 18.2 Å². The number of likely N-dealkylation sites (tertiary alicyclic amines) is 1. The van der Waals surface area contributed by atoms with Crippen molar-refractivity contribution in [3.8, 4) is 5.75 Å². The molecule has 0 atom stereocenters. The van der Waals surface area contributed by atoms with E-state index in [4.69, 9.17) is 4.74 Å². The molecule has 21 heavy (non-hydrogen) atoms. The van der Waals surface area contributed by atoms with Gasteiger partial charge in [0.15, 0.2) is 5.75 Å². The fraction of sp³-hybridized carbons (Fsp3) is 0.500. The van der Waals surface area contributed by atoms with Crippen molar-refractivity contribution in [2.75, 3.05) is 27.2 Å². The van der Waals surface area contributed by atoms with Crippen LogP contribution in [0.4, 0.5) is 5.69 Å². The number of hydrogen-bond donors (Lipinski definition) is 0. The van der Waals surface area contributed by atoms with Crippen LogP contribution in [-0.4, -0.2) is 49.1 Å². The zero-order valence-electron chi connectivity index (χ0n) is 12.1. The van der Waals surface area contributed by atoms with Gasteiger partial charge >= 0.3 is 11.7 Å². The lowest BCUT2D eigenvalue weighted by atomic mass is 10.1. The van der Waals surface area contributed by atoms with E-state index in [-0.39, 0.29) is 23.1 Å². The number of methoxy groups -OCH3 is 1. The molecule has 1 fully saturated rings. The lowest BCUT2D eigenvalue weighted by Gasteiger charge is -2.29. The molecule has 7 nitrogen and oxygen atoms in total. The van der Waals surface area contributed by atoms with E-state index in [0.29, 0.717) is 0 Å². The van der Waals surface area contributed by atoms with Crippen molar-refractivity contribution < 1.29 is 19.2 Å². The Morgan fingerprint density at radius 2 is 2.05 bits per heavy atom. The summed E-state index contributed by atoms with van der Waals surface area (Å²) in [5.41, 5.74) is 0.104. The molecule has 1 aliphatic rings. The minimum Gasteiger partial charge on any atom is -0.483 e. The second-order valence-corrected chi connectivity index (χ2v) is 5.05. The number of nitro groups is 1. The Hall–Kier alpha value is -2.15. The predicted molar refractivity (Wildman–Crippen MR) is 75.6 cm³/mol. The fourth-order valence-electron chi connectivity index (χ4n) is 2.29. The van der Waals surface area contributed by atoms with Crippen molar-refractivity contribution in [1.29, 1.82) is 0 Å². The molecule has 7 heteroatoms. The third-order valence-electron chi connectivity index (χ3n) is 3.54. The summed E-state index contributed by atoms with van der Waals surface area (Å²) >= 11 is 0. The summed E-state index contributed by atoms with van der Waals surface area (Å²) in [5, 5.41) is 11.1. The van der Waals surface area contributed by atoms with E-state index in [9.17, 15) is 14.9 Å². The van der Waals surface area contributed by atoms with Gasteiger partial charge in [-0.15, -0.1) is 0 Å². The summed E-state index contributed by atoms with van der Waals surface area (Å²) in [6.07, 6.45) is 1.53. The van der Waals surface area contributed by atoms with Crippen molar-refractivity contribution in [3.63, 3.8) is 0 Å². The van der Waals surface area contributed by atoms with Crippen LogP contribution < -0.4 is 4.74 Å². The van der Waals surface area contributed by atoms with Crippen molar-refractivity contribution in [3.05, 3.63) is 33.9 Å². The molecule has 114 valence electrons. The minimum atomic E-state index is -0.543. The SMILES string of the molecule is COC(=O)c1ccc([N+](=O)[O-])c(OC2CCN(C)CC2)c1. The van der Waals surface area contributed by atoms with Crippen LogP contribution in [0.3, 0.4) is 0 Å². The molecule has 0 spiro atoms. The van der Waals surface area contributed by atoms with Crippen LogP contribution in [0.5, 0.6) is 5.75 Å². The normalized spacial score (nSPS) is 16.5. The number of piperidine rings is 1. The standard InChI is InChI=1S/C14H18N2O5/c1-15-7-5-11(6-8-15)21-13-9-10(14(17)20-2)3-4-12(13)16(18)19/h3-4,9,11H,5-8H2,1-2H3. The molecule has 1 aromatic carbocycles. The highest BCUT2D eigenvalue weighted by Gasteiger charge is 2.24. The second kappa shape index (κ2) is 6.53. The zero-order valence-corrected chi connectivity index (χ0v) is 12.1. The van der Waals surface area contributed by atoms with Crippen LogP contribution in [0, 0.1) is 10.1 Å². The summed E-state index contributed by atoms with van der Waals surface area (Å²) in [4.78, 5) is 24.3. The minimum absolute atomic E-state index is 0.0761. The summed E-state index contributed by atoms with van der Waals surface area (Å²) in [6, 6.07) is 4.02. The Labute approximate surface area is 122 Å². The van der Waals surface area contributed by atoms with Gasteiger partial charge in [0.25, 0.3) is 0 Å². The van der Waals surface area contributed by atoms with E-state index in [1.165, 1.54) is 25.3 Å². The smallest absolute Gasteiger partial charge is 0.337 e. The first-order valence-electron chi connectivity index (χ1n) is 6.73. The number of carbonyl (C=O) groups excluding carboxylic acids is 1. The van der Waals surface area contributed by atoms with Gasteiger partial charge in [0.05, 0.1) is 17.6 Å². The largest absolute Gasteiger partial charge is 0.483 e. The Balaban J connectivity index is 2.22. The number of nitro benzene ring substituents is 1. The molecule has 0 amide bonds. The molecule has 0 N–H and O–H groups in total. The Morgan fingerprint density at radius 1 is 1.38 bits per heavy atom. The predicted octanol–water partition coefficient (Wildman–Crippen LogP) is 1.85. The fourth-order valence-corrected chi connectivity index (χ4v) is 2.29. The van der Waals surface area contributed by atoms with Crippen LogP contribution in [-0.2, 0) is 4.74 Å². The molecular formula is C14H18N2O5. The Bertz CT molecular complexity index is 538. The molecule has 0 bridgehead atoms. The van der Waals surface area contributed by atoms with E-state index < -0.39 is 10.9 Å². The molecule has 1 saturated heterocycles. The molecule has 0 unspecified atom stereocenters. The van der Waals surface area contributed by atoms with Gasteiger partial charge in [-0.3, -0.25) is 10.1 Å². The molecule has 1 aliphatic heterocycles. The van der Waals surface area contributed by atoms with Gasteiger partial charge in [-0.05, 0) is 26.0 Å². The van der Waals surface area contributed by atoms with Crippen molar-refractivity contribution in [2.24, 2.45) is 0 Å². The highest BCUT2D eigenvalue weighted by molar-refractivity contribution is 5.90. The quantitative estimate of drug-likeness (QED) is 0.479. The van der Waals surface area contributed by atoms with Gasteiger partial charge in [0, 0.05) is 25.2 Å². The van der Waals surface area contributed by atoms with E-state index in [1.54, 1.807) is 0 Å². The van der Waals surface area contributed by atoms with Gasteiger partial charge in [-0.1, -0.05) is 0 Å². The number of rotatable bonds is 4. The van der Waals surface area contributed by atoms with Gasteiger partial charge in [-0.25, -0.2) is 4.79 Å². The number of esters is 1. The highest BCUT2D eigenvalue weighted by Crippen LogP contribution is 2.30. The Morgan fingerprint density at radius 3 is 2.62 bits per heavy atom. The van der Waals surface area contributed by atoms with Crippen LogP contribution >= 0.6 is 0 Å². The molecular weight excluding hydrogens is 276 g/mol. The molecule has 2 rings (SSSR count). The summed E-state index contributed by atoms with van der Waals surface area (Å²) in [6.45, 7) is 1.77. The topological polar surface area (TPSA) is 81.9 Å². The average Bonchev–Trinajstić information content (AvgIpc) is 2.48. The van der Waals surface area contributed by atoms with Gasteiger partial charge in [-0.2, -0.15) is 0 Å². The zero-order chi connectivity index (χ0) is 15.4. The van der Waals surface area contributed by atoms with E-state index in [0.717, 1.165) is 25.9 Å². The third kappa shape index (κ3) is 3.69. The third-order valence-corrected chi connectivity index (χ3v) is 3.54. The molecule has 0 aliphatic carbocycles. The Kier molecular flexibility index (Phi) is 4.74. The van der Waals surface area contributed by atoms with Gasteiger partial charge in [0.2, 0.25) is 0 Å². The van der Waals surface area contributed by atoms with Crippen molar-refractivity contribution >= 4 is 11.7 Å². The van der Waals surface area contributed by atoms with Crippen LogP contribution in [0.1, 0.15) is 23.2 Å².